The summed E-state index contributed by atoms with van der Waals surface area (Å²) in [6, 6.07) is 16.2. The van der Waals surface area contributed by atoms with Crippen molar-refractivity contribution in [1.82, 2.24) is 0 Å². The van der Waals surface area contributed by atoms with Crippen molar-refractivity contribution in [1.29, 1.82) is 0 Å². The molecule has 2 rings (SSSR count). The van der Waals surface area contributed by atoms with E-state index in [0.29, 0.717) is 11.1 Å². The average Bonchev–Trinajstić information content (AvgIpc) is 2.67. The van der Waals surface area contributed by atoms with E-state index in [-0.39, 0.29) is 0 Å². The van der Waals surface area contributed by atoms with Crippen LogP contribution in [0.5, 0.6) is 0 Å². The summed E-state index contributed by atoms with van der Waals surface area (Å²) < 4.78 is 0. The molecule has 0 bridgehead atoms. The van der Waals surface area contributed by atoms with E-state index in [1.807, 2.05) is 18.2 Å². The zero-order valence-corrected chi connectivity index (χ0v) is 15.2. The Morgan fingerprint density at radius 3 is 1.76 bits per heavy atom. The quantitative estimate of drug-likeness (QED) is 0.284. The van der Waals surface area contributed by atoms with Gasteiger partial charge in [-0.3, -0.25) is 9.59 Å². The third kappa shape index (κ3) is 6.30. The molecule has 0 fully saturated rings. The highest BCUT2D eigenvalue weighted by Gasteiger charge is 2.17. The molecule has 0 aromatic heterocycles. The molecule has 132 valence electrons. The zero-order valence-electron chi connectivity index (χ0n) is 15.2. The standard InChI is InChI=1S/C23H28O2/c1-2-3-4-5-6-7-9-12-19-15-17-21(18-16-19)23(25)22(24)20-13-10-8-11-14-20/h8,10-11,13-18H,2-7,9,12H2,1H3. The Labute approximate surface area is 151 Å². The summed E-state index contributed by atoms with van der Waals surface area (Å²) in [6.45, 7) is 2.24. The third-order valence-corrected chi connectivity index (χ3v) is 4.53. The minimum Gasteiger partial charge on any atom is -0.285 e. The van der Waals surface area contributed by atoms with E-state index < -0.39 is 11.6 Å². The molecule has 25 heavy (non-hydrogen) atoms. The molecule has 0 aliphatic heterocycles. The van der Waals surface area contributed by atoms with Gasteiger partial charge in [0.25, 0.3) is 0 Å². The van der Waals surface area contributed by atoms with Gasteiger partial charge in [0.1, 0.15) is 0 Å². The van der Waals surface area contributed by atoms with Gasteiger partial charge in [-0.05, 0) is 18.4 Å². The molecule has 0 atom stereocenters. The number of hydrogen-bond acceptors (Lipinski definition) is 2. The number of carbonyl (C=O) groups excluding carboxylic acids is 2. The molecule has 2 heteroatoms. The maximum Gasteiger partial charge on any atom is 0.233 e. The minimum atomic E-state index is -0.444. The van der Waals surface area contributed by atoms with Crippen molar-refractivity contribution in [2.75, 3.05) is 0 Å². The molecule has 0 aliphatic carbocycles. The van der Waals surface area contributed by atoms with Crippen LogP contribution in [-0.4, -0.2) is 11.6 Å². The maximum atomic E-state index is 12.3. The van der Waals surface area contributed by atoms with Gasteiger partial charge >= 0.3 is 0 Å². The summed E-state index contributed by atoms with van der Waals surface area (Å²) in [6.07, 6.45) is 10.1. The molecule has 0 amide bonds. The van der Waals surface area contributed by atoms with Crippen LogP contribution in [0.15, 0.2) is 54.6 Å². The highest BCUT2D eigenvalue weighted by atomic mass is 16.2. The van der Waals surface area contributed by atoms with Crippen LogP contribution in [0.3, 0.4) is 0 Å². The van der Waals surface area contributed by atoms with E-state index in [2.05, 4.69) is 6.92 Å². The van der Waals surface area contributed by atoms with Crippen LogP contribution in [0.2, 0.25) is 0 Å². The second-order valence-electron chi connectivity index (χ2n) is 6.59. The third-order valence-electron chi connectivity index (χ3n) is 4.53. The maximum absolute atomic E-state index is 12.3. The SMILES string of the molecule is CCCCCCCCCc1ccc(C(=O)C(=O)c2ccccc2)cc1. The zero-order chi connectivity index (χ0) is 17.9. The van der Waals surface area contributed by atoms with E-state index in [1.165, 1.54) is 50.5 Å². The van der Waals surface area contributed by atoms with Crippen molar-refractivity contribution in [2.24, 2.45) is 0 Å². The number of ketones is 2. The molecular formula is C23H28O2. The van der Waals surface area contributed by atoms with Crippen molar-refractivity contribution in [3.63, 3.8) is 0 Å². The largest absolute Gasteiger partial charge is 0.285 e. The molecular weight excluding hydrogens is 308 g/mol. The minimum absolute atomic E-state index is 0.436. The van der Waals surface area contributed by atoms with E-state index in [0.717, 1.165) is 6.42 Å². The summed E-state index contributed by atoms with van der Waals surface area (Å²) >= 11 is 0. The number of Topliss-reactive ketones (excluding diaryl/α,β-unsaturated/α-hetero) is 2. The Morgan fingerprint density at radius 1 is 0.640 bits per heavy atom. The Bertz CT molecular complexity index is 656. The van der Waals surface area contributed by atoms with Gasteiger partial charge in [0, 0.05) is 11.1 Å². The van der Waals surface area contributed by atoms with Crippen molar-refractivity contribution in [2.45, 2.75) is 58.3 Å². The van der Waals surface area contributed by atoms with E-state index >= 15 is 0 Å². The fourth-order valence-corrected chi connectivity index (χ4v) is 2.96. The molecule has 0 N–H and O–H groups in total. The van der Waals surface area contributed by atoms with Crippen LogP contribution in [0, 0.1) is 0 Å². The fraction of sp³-hybridized carbons (Fsp3) is 0.391. The molecule has 0 saturated carbocycles. The Hall–Kier alpha value is -2.22. The molecule has 0 heterocycles. The lowest BCUT2D eigenvalue weighted by molar-refractivity contribution is 0.0817. The van der Waals surface area contributed by atoms with Crippen LogP contribution in [0.25, 0.3) is 0 Å². The molecule has 0 aliphatic rings. The van der Waals surface area contributed by atoms with Gasteiger partial charge < -0.3 is 0 Å². The van der Waals surface area contributed by atoms with Crippen LogP contribution < -0.4 is 0 Å². The number of unbranched alkanes of at least 4 members (excludes halogenated alkanes) is 6. The van der Waals surface area contributed by atoms with Gasteiger partial charge in [-0.25, -0.2) is 0 Å². The lowest BCUT2D eigenvalue weighted by Gasteiger charge is -2.04. The summed E-state index contributed by atoms with van der Waals surface area (Å²) in [5.41, 5.74) is 2.15. The second kappa shape index (κ2) is 10.6. The molecule has 0 radical (unpaired) electrons. The molecule has 2 aromatic rings. The Kier molecular flexibility index (Phi) is 8.11. The Balaban J connectivity index is 1.79. The first-order valence-electron chi connectivity index (χ1n) is 9.45. The first-order valence-corrected chi connectivity index (χ1v) is 9.45. The molecule has 2 nitrogen and oxygen atoms in total. The van der Waals surface area contributed by atoms with Crippen molar-refractivity contribution in [3.8, 4) is 0 Å². The van der Waals surface area contributed by atoms with Crippen molar-refractivity contribution >= 4 is 11.6 Å². The number of aryl methyl sites for hydroxylation is 1. The highest BCUT2D eigenvalue weighted by molar-refractivity contribution is 6.49. The van der Waals surface area contributed by atoms with Gasteiger partial charge in [0.15, 0.2) is 0 Å². The topological polar surface area (TPSA) is 34.1 Å². The van der Waals surface area contributed by atoms with Crippen LogP contribution >= 0.6 is 0 Å². The molecule has 2 aromatic carbocycles. The van der Waals surface area contributed by atoms with Gasteiger partial charge in [-0.15, -0.1) is 0 Å². The normalized spacial score (nSPS) is 10.6. The smallest absolute Gasteiger partial charge is 0.233 e. The van der Waals surface area contributed by atoms with Gasteiger partial charge in [0.05, 0.1) is 0 Å². The second-order valence-corrected chi connectivity index (χ2v) is 6.59. The van der Waals surface area contributed by atoms with Crippen LogP contribution in [-0.2, 0) is 6.42 Å². The fourth-order valence-electron chi connectivity index (χ4n) is 2.96. The van der Waals surface area contributed by atoms with Crippen molar-refractivity contribution < 1.29 is 9.59 Å². The van der Waals surface area contributed by atoms with E-state index in [1.54, 1.807) is 36.4 Å². The number of rotatable bonds is 11. The lowest BCUT2D eigenvalue weighted by Crippen LogP contribution is -2.14. The van der Waals surface area contributed by atoms with Crippen LogP contribution in [0.1, 0.15) is 78.1 Å². The first-order chi connectivity index (χ1) is 12.2. The highest BCUT2D eigenvalue weighted by Crippen LogP contribution is 2.13. The summed E-state index contributed by atoms with van der Waals surface area (Å²) in [7, 11) is 0. The van der Waals surface area contributed by atoms with Crippen molar-refractivity contribution in [3.05, 3.63) is 71.3 Å². The van der Waals surface area contributed by atoms with Gasteiger partial charge in [-0.1, -0.05) is 100 Å². The molecule has 0 saturated heterocycles. The predicted molar refractivity (Wildman–Crippen MR) is 103 cm³/mol. The average molecular weight is 336 g/mol. The first kappa shape index (κ1) is 19.1. The monoisotopic (exact) mass is 336 g/mol. The number of carbonyl (C=O) groups is 2. The summed E-state index contributed by atoms with van der Waals surface area (Å²) in [4.78, 5) is 24.5. The number of benzene rings is 2. The lowest BCUT2D eigenvalue weighted by atomic mass is 9.99. The summed E-state index contributed by atoms with van der Waals surface area (Å²) in [5, 5.41) is 0. The van der Waals surface area contributed by atoms with Gasteiger partial charge in [0.2, 0.25) is 11.6 Å². The van der Waals surface area contributed by atoms with E-state index in [4.69, 9.17) is 0 Å². The van der Waals surface area contributed by atoms with E-state index in [9.17, 15) is 9.59 Å². The number of hydrogen-bond donors (Lipinski definition) is 0. The predicted octanol–water partition coefficient (Wildman–Crippen LogP) is 6.05. The Morgan fingerprint density at radius 2 is 1.16 bits per heavy atom. The molecule has 0 unspecified atom stereocenters. The molecule has 0 spiro atoms. The summed E-state index contributed by atoms with van der Waals surface area (Å²) in [5.74, 6) is -0.880. The van der Waals surface area contributed by atoms with Gasteiger partial charge in [-0.2, -0.15) is 0 Å². The van der Waals surface area contributed by atoms with Crippen LogP contribution in [0.4, 0.5) is 0 Å².